The second-order valence-electron chi connectivity index (χ2n) is 7.55. The summed E-state index contributed by atoms with van der Waals surface area (Å²) in [5.41, 5.74) is 3.55. The summed E-state index contributed by atoms with van der Waals surface area (Å²) in [5, 5.41) is 25.0. The van der Waals surface area contributed by atoms with E-state index in [-0.39, 0.29) is 0 Å². The van der Waals surface area contributed by atoms with Gasteiger partial charge in [-0.15, -0.1) is 0 Å². The zero-order valence-corrected chi connectivity index (χ0v) is 17.8. The van der Waals surface area contributed by atoms with Crippen LogP contribution in [0.2, 0.25) is 5.02 Å². The van der Waals surface area contributed by atoms with Crippen LogP contribution >= 0.6 is 11.6 Å². The molecule has 9 heteroatoms. The van der Waals surface area contributed by atoms with Crippen LogP contribution < -0.4 is 16.0 Å². The molecule has 0 bridgehead atoms. The van der Waals surface area contributed by atoms with Crippen LogP contribution in [0.5, 0.6) is 0 Å². The highest BCUT2D eigenvalue weighted by molar-refractivity contribution is 6.31. The van der Waals surface area contributed by atoms with E-state index in [1.54, 1.807) is 25.5 Å². The van der Waals surface area contributed by atoms with Gasteiger partial charge < -0.3 is 21.1 Å². The molecule has 158 valence electrons. The van der Waals surface area contributed by atoms with Crippen molar-refractivity contribution in [3.63, 3.8) is 0 Å². The molecule has 1 fully saturated rings. The number of halogens is 1. The standard InChI is InChI=1S/C21H26ClN7O/c1-13-9-17(3-4-19(13)22)27-21-24-11-18(15-10-25-29(12-15)14(2)30)20(28-21)26-16-5-7-23-8-6-16/h3-4,9-12,14,16,23,30H,5-8H2,1-2H3,(H2,24,26,27,28). The number of aromatic nitrogens is 4. The molecule has 1 atom stereocenters. The van der Waals surface area contributed by atoms with E-state index in [2.05, 4.69) is 26.0 Å². The Morgan fingerprint density at radius 3 is 2.77 bits per heavy atom. The number of piperidine rings is 1. The Balaban J connectivity index is 1.65. The Labute approximate surface area is 180 Å². The number of aliphatic hydroxyl groups is 1. The van der Waals surface area contributed by atoms with E-state index in [9.17, 15) is 5.11 Å². The summed E-state index contributed by atoms with van der Waals surface area (Å²) in [4.78, 5) is 9.26. The van der Waals surface area contributed by atoms with E-state index in [1.165, 1.54) is 4.68 Å². The fourth-order valence-corrected chi connectivity index (χ4v) is 3.57. The van der Waals surface area contributed by atoms with Crippen LogP contribution in [0.3, 0.4) is 0 Å². The molecule has 8 nitrogen and oxygen atoms in total. The Hall–Kier alpha value is -2.68. The second kappa shape index (κ2) is 8.99. The largest absolute Gasteiger partial charge is 0.372 e. The van der Waals surface area contributed by atoms with Crippen LogP contribution in [0.25, 0.3) is 11.1 Å². The summed E-state index contributed by atoms with van der Waals surface area (Å²) in [6.07, 6.45) is 6.65. The van der Waals surface area contributed by atoms with Crippen LogP contribution in [0, 0.1) is 6.92 Å². The molecule has 4 N–H and O–H groups in total. The Morgan fingerprint density at radius 2 is 2.07 bits per heavy atom. The number of aryl methyl sites for hydroxylation is 1. The molecule has 30 heavy (non-hydrogen) atoms. The predicted octanol–water partition coefficient (Wildman–Crippen LogP) is 3.72. The molecule has 1 unspecified atom stereocenters. The fourth-order valence-electron chi connectivity index (χ4n) is 3.46. The predicted molar refractivity (Wildman–Crippen MR) is 119 cm³/mol. The zero-order chi connectivity index (χ0) is 21.1. The number of anilines is 3. The first-order chi connectivity index (χ1) is 14.5. The van der Waals surface area contributed by atoms with E-state index in [0.717, 1.165) is 59.1 Å². The maximum absolute atomic E-state index is 9.79. The summed E-state index contributed by atoms with van der Waals surface area (Å²) in [7, 11) is 0. The number of benzene rings is 1. The number of hydrogen-bond donors (Lipinski definition) is 4. The smallest absolute Gasteiger partial charge is 0.229 e. The third-order valence-corrected chi connectivity index (χ3v) is 5.60. The molecule has 1 aliphatic heterocycles. The molecular formula is C21H26ClN7O. The SMILES string of the molecule is Cc1cc(Nc2ncc(-c3cnn(C(C)O)c3)c(NC3CCNCC3)n2)ccc1Cl. The zero-order valence-electron chi connectivity index (χ0n) is 17.1. The Morgan fingerprint density at radius 1 is 1.27 bits per heavy atom. The molecular weight excluding hydrogens is 402 g/mol. The lowest BCUT2D eigenvalue weighted by Gasteiger charge is -2.25. The van der Waals surface area contributed by atoms with Gasteiger partial charge >= 0.3 is 0 Å². The maximum Gasteiger partial charge on any atom is 0.229 e. The molecule has 0 amide bonds. The first-order valence-corrected chi connectivity index (χ1v) is 10.5. The molecule has 3 aromatic rings. The van der Waals surface area contributed by atoms with Crippen LogP contribution in [0.15, 0.2) is 36.8 Å². The Kier molecular flexibility index (Phi) is 6.17. The van der Waals surface area contributed by atoms with E-state index < -0.39 is 6.23 Å². The molecule has 1 saturated heterocycles. The van der Waals surface area contributed by atoms with E-state index in [0.29, 0.717) is 12.0 Å². The number of aliphatic hydroxyl groups excluding tert-OH is 1. The van der Waals surface area contributed by atoms with Gasteiger partial charge in [0.2, 0.25) is 5.95 Å². The monoisotopic (exact) mass is 427 g/mol. The molecule has 0 saturated carbocycles. The van der Waals surface area contributed by atoms with Gasteiger partial charge in [-0.1, -0.05) is 11.6 Å². The van der Waals surface area contributed by atoms with Crippen molar-refractivity contribution in [1.29, 1.82) is 0 Å². The van der Waals surface area contributed by atoms with Crippen LogP contribution in [-0.2, 0) is 0 Å². The van der Waals surface area contributed by atoms with Crippen molar-refractivity contribution in [2.24, 2.45) is 0 Å². The maximum atomic E-state index is 9.79. The van der Waals surface area contributed by atoms with Crippen molar-refractivity contribution < 1.29 is 5.11 Å². The minimum Gasteiger partial charge on any atom is -0.372 e. The van der Waals surface area contributed by atoms with Crippen molar-refractivity contribution in [3.8, 4) is 11.1 Å². The summed E-state index contributed by atoms with van der Waals surface area (Å²) < 4.78 is 1.51. The number of hydrogen-bond acceptors (Lipinski definition) is 7. The molecule has 2 aromatic heterocycles. The van der Waals surface area contributed by atoms with Gasteiger partial charge in [0.05, 0.1) is 6.20 Å². The first kappa shape index (κ1) is 20.6. The van der Waals surface area contributed by atoms with Gasteiger partial charge in [-0.3, -0.25) is 0 Å². The average Bonchev–Trinajstić information content (AvgIpc) is 3.22. The van der Waals surface area contributed by atoms with Crippen molar-refractivity contribution in [2.75, 3.05) is 23.7 Å². The minimum absolute atomic E-state index is 0.331. The van der Waals surface area contributed by atoms with Gasteiger partial charge in [-0.05, 0) is 63.5 Å². The summed E-state index contributed by atoms with van der Waals surface area (Å²) in [6, 6.07) is 6.05. The van der Waals surface area contributed by atoms with Crippen molar-refractivity contribution in [1.82, 2.24) is 25.1 Å². The molecule has 0 aliphatic carbocycles. The highest BCUT2D eigenvalue weighted by Gasteiger charge is 2.18. The molecule has 3 heterocycles. The lowest BCUT2D eigenvalue weighted by Crippen LogP contribution is -2.35. The van der Waals surface area contributed by atoms with E-state index in [1.807, 2.05) is 25.1 Å². The summed E-state index contributed by atoms with van der Waals surface area (Å²) in [6.45, 7) is 5.59. The lowest BCUT2D eigenvalue weighted by atomic mass is 10.1. The topological polar surface area (TPSA) is 99.9 Å². The summed E-state index contributed by atoms with van der Waals surface area (Å²) in [5.74, 6) is 1.25. The third-order valence-electron chi connectivity index (χ3n) is 5.18. The lowest BCUT2D eigenvalue weighted by molar-refractivity contribution is 0.111. The highest BCUT2D eigenvalue weighted by Crippen LogP contribution is 2.29. The molecule has 0 spiro atoms. The third kappa shape index (κ3) is 4.72. The average molecular weight is 428 g/mol. The Bertz CT molecular complexity index is 1010. The van der Waals surface area contributed by atoms with E-state index >= 15 is 0 Å². The van der Waals surface area contributed by atoms with Gasteiger partial charge in [0.25, 0.3) is 0 Å². The number of rotatable bonds is 6. The van der Waals surface area contributed by atoms with Crippen molar-refractivity contribution in [3.05, 3.63) is 47.4 Å². The normalized spacial score (nSPS) is 15.7. The number of nitrogens with zero attached hydrogens (tertiary/aromatic N) is 4. The van der Waals surface area contributed by atoms with Crippen molar-refractivity contribution >= 4 is 29.1 Å². The first-order valence-electron chi connectivity index (χ1n) is 10.1. The second-order valence-corrected chi connectivity index (χ2v) is 7.96. The molecule has 4 rings (SSSR count). The van der Waals surface area contributed by atoms with Crippen LogP contribution in [0.4, 0.5) is 17.5 Å². The van der Waals surface area contributed by atoms with Gasteiger partial charge in [-0.25, -0.2) is 9.67 Å². The fraction of sp³-hybridized carbons (Fsp3) is 0.381. The summed E-state index contributed by atoms with van der Waals surface area (Å²) >= 11 is 6.13. The number of nitrogens with one attached hydrogen (secondary N) is 3. The van der Waals surface area contributed by atoms with Gasteiger partial charge in [-0.2, -0.15) is 10.1 Å². The molecule has 0 radical (unpaired) electrons. The van der Waals surface area contributed by atoms with Gasteiger partial charge in [0.15, 0.2) is 0 Å². The quantitative estimate of drug-likeness (QED) is 0.475. The van der Waals surface area contributed by atoms with Crippen LogP contribution in [0.1, 0.15) is 31.6 Å². The highest BCUT2D eigenvalue weighted by atomic mass is 35.5. The van der Waals surface area contributed by atoms with Crippen LogP contribution in [-0.4, -0.2) is 44.0 Å². The van der Waals surface area contributed by atoms with Gasteiger partial charge in [0.1, 0.15) is 12.0 Å². The van der Waals surface area contributed by atoms with Gasteiger partial charge in [0, 0.05) is 40.3 Å². The molecule has 1 aliphatic rings. The van der Waals surface area contributed by atoms with Crippen molar-refractivity contribution in [2.45, 2.75) is 39.0 Å². The minimum atomic E-state index is -0.699. The molecule has 1 aromatic carbocycles. The van der Waals surface area contributed by atoms with E-state index in [4.69, 9.17) is 16.6 Å².